The number of carbonyl (C=O) groups is 3. The van der Waals surface area contributed by atoms with Gasteiger partial charge in [0.15, 0.2) is 23.5 Å². The first-order chi connectivity index (χ1) is 19.0. The second kappa shape index (κ2) is 14.1. The van der Waals surface area contributed by atoms with Crippen LogP contribution < -0.4 is 30.3 Å². The molecule has 0 aliphatic carbocycles. The number of rotatable bonds is 11. The summed E-state index contributed by atoms with van der Waals surface area (Å²) in [6, 6.07) is 7.11. The van der Waals surface area contributed by atoms with Crippen molar-refractivity contribution >= 4 is 56.0 Å². The van der Waals surface area contributed by atoms with Crippen LogP contribution in [0.2, 0.25) is 0 Å². The van der Waals surface area contributed by atoms with E-state index in [1.807, 2.05) is 0 Å². The maximum Gasteiger partial charge on any atom is 0.337 e. The summed E-state index contributed by atoms with van der Waals surface area (Å²) in [6.07, 6.45) is 0.178. The summed E-state index contributed by atoms with van der Waals surface area (Å²) >= 11 is 6.72. The van der Waals surface area contributed by atoms with Gasteiger partial charge in [0, 0.05) is 22.7 Å². The fraction of sp³-hybridized carbons (Fsp3) is 0.308. The van der Waals surface area contributed by atoms with Gasteiger partial charge in [0.1, 0.15) is 6.61 Å². The van der Waals surface area contributed by atoms with E-state index in [0.717, 1.165) is 4.47 Å². The molecular formula is C26H28Br2N4O8. The first-order valence-electron chi connectivity index (χ1n) is 11.9. The summed E-state index contributed by atoms with van der Waals surface area (Å²) in [5.41, 5.74) is 4.22. The van der Waals surface area contributed by atoms with Gasteiger partial charge in [0.25, 0.3) is 0 Å². The summed E-state index contributed by atoms with van der Waals surface area (Å²) in [4.78, 5) is 36.0. The van der Waals surface area contributed by atoms with Crippen LogP contribution in [0, 0.1) is 0 Å². The molecule has 0 fully saturated rings. The number of nitrogens with zero attached hydrogens (tertiary/aromatic N) is 1. The summed E-state index contributed by atoms with van der Waals surface area (Å²) in [5, 5.41) is 19.7. The Morgan fingerprint density at radius 2 is 1.95 bits per heavy atom. The largest absolute Gasteiger partial charge is 0.490 e. The SMILES string of the molecule is CCOc1cc([C@@H]2NC(=O)NC(C)=C2C(=O)OC)ccc1OC[C@@H](O)N/N=C/c1cc(Br)cc(Br)c1OC(C)=O. The van der Waals surface area contributed by atoms with Gasteiger partial charge in [-0.25, -0.2) is 9.59 Å². The number of hydrogen-bond acceptors (Lipinski definition) is 10. The number of aliphatic hydroxyl groups excluding tert-OH is 1. The van der Waals surface area contributed by atoms with E-state index in [9.17, 15) is 19.5 Å². The highest BCUT2D eigenvalue weighted by atomic mass is 79.9. The van der Waals surface area contributed by atoms with Crippen LogP contribution in [0.3, 0.4) is 0 Å². The Hall–Kier alpha value is -3.62. The molecule has 1 aliphatic heterocycles. The summed E-state index contributed by atoms with van der Waals surface area (Å²) in [7, 11) is 1.26. The van der Waals surface area contributed by atoms with Gasteiger partial charge < -0.3 is 34.7 Å². The van der Waals surface area contributed by atoms with Crippen LogP contribution in [0.4, 0.5) is 4.79 Å². The molecule has 2 amide bonds. The molecule has 0 aromatic heterocycles. The zero-order chi connectivity index (χ0) is 29.4. The normalized spacial score (nSPS) is 15.7. The monoisotopic (exact) mass is 682 g/mol. The van der Waals surface area contributed by atoms with Gasteiger partial charge in [0.05, 0.1) is 36.0 Å². The lowest BCUT2D eigenvalue weighted by Crippen LogP contribution is -2.45. The zero-order valence-electron chi connectivity index (χ0n) is 22.0. The Morgan fingerprint density at radius 1 is 1.20 bits per heavy atom. The molecule has 40 heavy (non-hydrogen) atoms. The lowest BCUT2D eigenvalue weighted by Gasteiger charge is -2.28. The predicted octanol–water partition coefficient (Wildman–Crippen LogP) is 3.66. The maximum atomic E-state index is 12.4. The fourth-order valence-electron chi connectivity index (χ4n) is 3.74. The highest BCUT2D eigenvalue weighted by Gasteiger charge is 2.32. The number of carbonyl (C=O) groups excluding carboxylic acids is 3. The van der Waals surface area contributed by atoms with E-state index in [0.29, 0.717) is 39.4 Å². The molecule has 0 spiro atoms. The van der Waals surface area contributed by atoms with E-state index in [1.54, 1.807) is 44.2 Å². The highest BCUT2D eigenvalue weighted by molar-refractivity contribution is 9.11. The predicted molar refractivity (Wildman–Crippen MR) is 152 cm³/mol. The topological polar surface area (TPSA) is 157 Å². The van der Waals surface area contributed by atoms with Crippen molar-refractivity contribution in [1.82, 2.24) is 16.1 Å². The minimum Gasteiger partial charge on any atom is -0.490 e. The Bertz CT molecular complexity index is 1350. The van der Waals surface area contributed by atoms with Gasteiger partial charge in [-0.15, -0.1) is 0 Å². The minimum absolute atomic E-state index is 0.202. The Morgan fingerprint density at radius 3 is 2.62 bits per heavy atom. The smallest absolute Gasteiger partial charge is 0.337 e. The lowest BCUT2D eigenvalue weighted by atomic mass is 9.95. The molecule has 12 nitrogen and oxygen atoms in total. The third-order valence-electron chi connectivity index (χ3n) is 5.38. The number of amides is 2. The minimum atomic E-state index is -1.21. The van der Waals surface area contributed by atoms with Crippen LogP contribution in [-0.2, 0) is 14.3 Å². The molecule has 3 rings (SSSR count). The van der Waals surface area contributed by atoms with E-state index in [4.69, 9.17) is 18.9 Å². The molecule has 214 valence electrons. The first kappa shape index (κ1) is 30.9. The van der Waals surface area contributed by atoms with Crippen molar-refractivity contribution < 1.29 is 38.4 Å². The molecule has 1 aliphatic rings. The van der Waals surface area contributed by atoms with Crippen molar-refractivity contribution in [3.63, 3.8) is 0 Å². The van der Waals surface area contributed by atoms with Crippen molar-refractivity contribution in [2.24, 2.45) is 5.10 Å². The van der Waals surface area contributed by atoms with Crippen molar-refractivity contribution in [3.8, 4) is 17.2 Å². The Kier molecular flexibility index (Phi) is 10.9. The van der Waals surface area contributed by atoms with Crippen LogP contribution in [0.25, 0.3) is 0 Å². The van der Waals surface area contributed by atoms with Gasteiger partial charge in [0.2, 0.25) is 0 Å². The Balaban J connectivity index is 1.73. The molecule has 2 atom stereocenters. The fourth-order valence-corrected chi connectivity index (χ4v) is 5.08. The summed E-state index contributed by atoms with van der Waals surface area (Å²) < 4.78 is 22.9. The van der Waals surface area contributed by atoms with Gasteiger partial charge in [-0.2, -0.15) is 5.10 Å². The van der Waals surface area contributed by atoms with Crippen molar-refractivity contribution in [2.45, 2.75) is 33.0 Å². The summed E-state index contributed by atoms with van der Waals surface area (Å²) in [5.74, 6) is -0.137. The Labute approximate surface area is 247 Å². The summed E-state index contributed by atoms with van der Waals surface area (Å²) in [6.45, 7) is 4.81. The quantitative estimate of drug-likeness (QED) is 0.0913. The molecular weight excluding hydrogens is 656 g/mol. The van der Waals surface area contributed by atoms with E-state index in [-0.39, 0.29) is 17.9 Å². The van der Waals surface area contributed by atoms with Crippen LogP contribution in [0.5, 0.6) is 17.2 Å². The number of halogens is 2. The second-order valence-corrected chi connectivity index (χ2v) is 10.1. The highest BCUT2D eigenvalue weighted by Crippen LogP contribution is 2.35. The number of hydrogen-bond donors (Lipinski definition) is 4. The maximum absolute atomic E-state index is 12.4. The molecule has 0 saturated heterocycles. The number of nitrogens with one attached hydrogen (secondary N) is 3. The van der Waals surface area contributed by atoms with E-state index in [2.05, 4.69) is 53.0 Å². The number of esters is 2. The molecule has 0 radical (unpaired) electrons. The molecule has 4 N–H and O–H groups in total. The third-order valence-corrected chi connectivity index (χ3v) is 6.43. The van der Waals surface area contributed by atoms with Crippen LogP contribution >= 0.6 is 31.9 Å². The van der Waals surface area contributed by atoms with E-state index in [1.165, 1.54) is 20.2 Å². The number of aliphatic hydroxyl groups is 1. The second-order valence-electron chi connectivity index (χ2n) is 8.31. The average molecular weight is 684 g/mol. The third kappa shape index (κ3) is 7.96. The molecule has 0 bridgehead atoms. The molecule has 14 heteroatoms. The molecule has 2 aromatic carbocycles. The number of methoxy groups -OCH3 is 1. The van der Waals surface area contributed by atoms with Crippen molar-refractivity contribution in [2.75, 3.05) is 20.3 Å². The lowest BCUT2D eigenvalue weighted by molar-refractivity contribution is -0.136. The van der Waals surface area contributed by atoms with E-state index >= 15 is 0 Å². The molecule has 2 aromatic rings. The van der Waals surface area contributed by atoms with Gasteiger partial charge in [-0.1, -0.05) is 22.0 Å². The van der Waals surface area contributed by atoms with Crippen molar-refractivity contribution in [3.05, 3.63) is 61.7 Å². The van der Waals surface area contributed by atoms with Gasteiger partial charge in [-0.05, 0) is 59.6 Å². The van der Waals surface area contributed by atoms with Crippen molar-refractivity contribution in [1.29, 1.82) is 0 Å². The molecule has 0 saturated carbocycles. The zero-order valence-corrected chi connectivity index (χ0v) is 25.2. The number of benzene rings is 2. The van der Waals surface area contributed by atoms with Gasteiger partial charge in [-0.3, -0.25) is 10.2 Å². The number of ether oxygens (including phenoxy) is 4. The molecule has 0 unspecified atom stereocenters. The molecule has 1 heterocycles. The van der Waals surface area contributed by atoms with Crippen LogP contribution in [-0.4, -0.2) is 55.8 Å². The standard InChI is InChI=1S/C26H28Br2N4O8/c1-5-38-20-9-15(23-22(25(35)37-4)13(2)30-26(36)31-23)6-7-19(20)39-12-21(34)32-29-11-16-8-17(27)10-18(28)24(16)40-14(3)33/h6-11,21,23,32,34H,5,12H2,1-4H3,(H2,30,31,36)/b29-11+/t21-,23+/m1/s1. The van der Waals surface area contributed by atoms with Crippen LogP contribution in [0.15, 0.2) is 55.6 Å². The average Bonchev–Trinajstić information content (AvgIpc) is 2.89. The first-order valence-corrected chi connectivity index (χ1v) is 13.5. The number of hydrazone groups is 1. The van der Waals surface area contributed by atoms with Crippen LogP contribution in [0.1, 0.15) is 37.9 Å². The number of urea groups is 1. The van der Waals surface area contributed by atoms with E-state index < -0.39 is 30.2 Å². The number of allylic oxidation sites excluding steroid dienone is 1. The van der Waals surface area contributed by atoms with Gasteiger partial charge >= 0.3 is 18.0 Å².